The van der Waals surface area contributed by atoms with E-state index in [1.54, 1.807) is 6.26 Å². The van der Waals surface area contributed by atoms with Crippen LogP contribution in [-0.4, -0.2) is 4.57 Å². The maximum Gasteiger partial charge on any atom is 0.150 e. The molecule has 0 aliphatic heterocycles. The van der Waals surface area contributed by atoms with Crippen molar-refractivity contribution in [2.75, 3.05) is 0 Å². The van der Waals surface area contributed by atoms with Crippen LogP contribution >= 0.6 is 0 Å². The van der Waals surface area contributed by atoms with Crippen molar-refractivity contribution in [3.63, 3.8) is 0 Å². The molecule has 0 spiro atoms. The number of fused-ring (bicyclic) bond motifs is 1. The maximum absolute atomic E-state index is 5.41. The summed E-state index contributed by atoms with van der Waals surface area (Å²) in [5, 5.41) is 1.24. The van der Waals surface area contributed by atoms with E-state index in [-0.39, 0.29) is 0 Å². The molecule has 1 aromatic carbocycles. The first-order valence-electron chi connectivity index (χ1n) is 4.94. The largest absolute Gasteiger partial charge is 0.463 e. The topological polar surface area (TPSA) is 18.1 Å². The lowest BCUT2D eigenvalue weighted by molar-refractivity contribution is 0.577. The summed E-state index contributed by atoms with van der Waals surface area (Å²) in [6, 6.07) is 14.4. The Labute approximate surface area is 87.7 Å². The summed E-state index contributed by atoms with van der Waals surface area (Å²) in [6.07, 6.45) is 1.70. The number of aryl methyl sites for hydroxylation is 1. The highest BCUT2D eigenvalue weighted by Crippen LogP contribution is 2.26. The molecular weight excluding hydrogens is 186 g/mol. The lowest BCUT2D eigenvalue weighted by Gasteiger charge is -2.00. The summed E-state index contributed by atoms with van der Waals surface area (Å²) in [5.74, 6) is 0.911. The van der Waals surface area contributed by atoms with Crippen molar-refractivity contribution in [2.24, 2.45) is 7.05 Å². The number of benzene rings is 1. The second-order valence-electron chi connectivity index (χ2n) is 3.62. The van der Waals surface area contributed by atoms with Gasteiger partial charge in [0, 0.05) is 18.0 Å². The van der Waals surface area contributed by atoms with Crippen molar-refractivity contribution in [1.82, 2.24) is 4.57 Å². The highest BCUT2D eigenvalue weighted by molar-refractivity contribution is 5.85. The summed E-state index contributed by atoms with van der Waals surface area (Å²) in [4.78, 5) is 0. The molecule has 0 N–H and O–H groups in total. The molecule has 0 saturated carbocycles. The predicted octanol–water partition coefficient (Wildman–Crippen LogP) is 3.44. The van der Waals surface area contributed by atoms with Gasteiger partial charge in [0.2, 0.25) is 0 Å². The highest BCUT2D eigenvalue weighted by Gasteiger charge is 2.08. The van der Waals surface area contributed by atoms with Gasteiger partial charge in [0.1, 0.15) is 5.76 Å². The second-order valence-corrected chi connectivity index (χ2v) is 3.62. The molecule has 0 saturated heterocycles. The monoisotopic (exact) mass is 197 g/mol. The van der Waals surface area contributed by atoms with Crippen LogP contribution in [0.3, 0.4) is 0 Å². The number of rotatable bonds is 1. The van der Waals surface area contributed by atoms with Crippen molar-refractivity contribution >= 4 is 10.9 Å². The van der Waals surface area contributed by atoms with Crippen LogP contribution in [-0.2, 0) is 7.05 Å². The average Bonchev–Trinajstić information content (AvgIpc) is 2.87. The molecule has 0 bridgehead atoms. The Hall–Kier alpha value is -1.96. The zero-order valence-electron chi connectivity index (χ0n) is 8.47. The predicted molar refractivity (Wildman–Crippen MR) is 60.6 cm³/mol. The summed E-state index contributed by atoms with van der Waals surface area (Å²) in [6.45, 7) is 0. The minimum Gasteiger partial charge on any atom is -0.463 e. The lowest BCUT2D eigenvalue weighted by Crippen LogP contribution is -1.89. The summed E-state index contributed by atoms with van der Waals surface area (Å²) in [7, 11) is 2.06. The number of nitrogens with zero attached hydrogens (tertiary/aromatic N) is 1. The Bertz CT molecular complexity index is 590. The average molecular weight is 197 g/mol. The van der Waals surface area contributed by atoms with E-state index in [0.29, 0.717) is 0 Å². The van der Waals surface area contributed by atoms with Crippen LogP contribution in [0.2, 0.25) is 0 Å². The molecule has 0 atom stereocenters. The Morgan fingerprint density at radius 1 is 1.07 bits per heavy atom. The van der Waals surface area contributed by atoms with E-state index in [4.69, 9.17) is 4.42 Å². The molecule has 2 heterocycles. The molecule has 0 fully saturated rings. The quantitative estimate of drug-likeness (QED) is 0.584. The van der Waals surface area contributed by atoms with Gasteiger partial charge in [-0.15, -0.1) is 0 Å². The van der Waals surface area contributed by atoms with Gasteiger partial charge in [-0.25, -0.2) is 0 Å². The number of hydrogen-bond acceptors (Lipinski definition) is 1. The molecular formula is C13H11NO. The fourth-order valence-corrected chi connectivity index (χ4v) is 1.95. The van der Waals surface area contributed by atoms with E-state index >= 15 is 0 Å². The molecule has 3 aromatic rings. The second kappa shape index (κ2) is 3.02. The Balaban J connectivity index is 2.33. The van der Waals surface area contributed by atoms with E-state index in [1.165, 1.54) is 10.9 Å². The van der Waals surface area contributed by atoms with Crippen LogP contribution in [0.15, 0.2) is 53.1 Å². The molecule has 3 rings (SSSR count). The van der Waals surface area contributed by atoms with E-state index in [0.717, 1.165) is 11.5 Å². The molecule has 15 heavy (non-hydrogen) atoms. The van der Waals surface area contributed by atoms with Crippen LogP contribution in [0.4, 0.5) is 0 Å². The third kappa shape index (κ3) is 1.18. The third-order valence-corrected chi connectivity index (χ3v) is 2.73. The van der Waals surface area contributed by atoms with E-state index in [1.807, 2.05) is 24.3 Å². The highest BCUT2D eigenvalue weighted by atomic mass is 16.3. The van der Waals surface area contributed by atoms with Crippen LogP contribution in [0, 0.1) is 0 Å². The number of aromatic nitrogens is 1. The van der Waals surface area contributed by atoms with E-state index < -0.39 is 0 Å². The number of furan rings is 1. The molecule has 74 valence electrons. The lowest BCUT2D eigenvalue weighted by atomic mass is 10.2. The molecule has 0 unspecified atom stereocenters. The number of hydrogen-bond donors (Lipinski definition) is 0. The first-order valence-corrected chi connectivity index (χ1v) is 4.94. The fraction of sp³-hybridized carbons (Fsp3) is 0.0769. The first kappa shape index (κ1) is 8.36. The van der Waals surface area contributed by atoms with Gasteiger partial charge in [-0.2, -0.15) is 0 Å². The smallest absolute Gasteiger partial charge is 0.150 e. The van der Waals surface area contributed by atoms with E-state index in [9.17, 15) is 0 Å². The van der Waals surface area contributed by atoms with E-state index in [2.05, 4.69) is 29.8 Å². The summed E-state index contributed by atoms with van der Waals surface area (Å²) in [5.41, 5.74) is 2.34. The van der Waals surface area contributed by atoms with Gasteiger partial charge in [-0.1, -0.05) is 18.2 Å². The van der Waals surface area contributed by atoms with Gasteiger partial charge >= 0.3 is 0 Å². The van der Waals surface area contributed by atoms with Gasteiger partial charge in [0.25, 0.3) is 0 Å². The zero-order valence-corrected chi connectivity index (χ0v) is 8.47. The van der Waals surface area contributed by atoms with Crippen LogP contribution in [0.25, 0.3) is 22.4 Å². The molecule has 2 nitrogen and oxygen atoms in total. The molecule has 0 aliphatic carbocycles. The van der Waals surface area contributed by atoms with Gasteiger partial charge in [-0.3, -0.25) is 0 Å². The standard InChI is InChI=1S/C13H11NO/c1-14-11-6-3-2-5-10(11)9-12(14)13-7-4-8-15-13/h2-9H,1H3. The van der Waals surface area contributed by atoms with Crippen molar-refractivity contribution in [3.05, 3.63) is 48.7 Å². The number of para-hydroxylation sites is 1. The minimum absolute atomic E-state index is 0.911. The summed E-state index contributed by atoms with van der Waals surface area (Å²) >= 11 is 0. The minimum atomic E-state index is 0.911. The molecule has 0 amide bonds. The van der Waals surface area contributed by atoms with Crippen molar-refractivity contribution in [1.29, 1.82) is 0 Å². The molecule has 0 radical (unpaired) electrons. The van der Waals surface area contributed by atoms with Crippen LogP contribution in [0.5, 0.6) is 0 Å². The SMILES string of the molecule is Cn1c(-c2ccco2)cc2ccccc21. The fourth-order valence-electron chi connectivity index (χ4n) is 1.95. The van der Waals surface area contributed by atoms with Crippen LogP contribution < -0.4 is 0 Å². The maximum atomic E-state index is 5.41. The zero-order chi connectivity index (χ0) is 10.3. The molecule has 2 heteroatoms. The van der Waals surface area contributed by atoms with Crippen molar-refractivity contribution in [3.8, 4) is 11.5 Å². The normalized spacial score (nSPS) is 11.0. The van der Waals surface area contributed by atoms with Crippen molar-refractivity contribution in [2.45, 2.75) is 0 Å². The Kier molecular flexibility index (Phi) is 1.68. The van der Waals surface area contributed by atoms with Crippen molar-refractivity contribution < 1.29 is 4.42 Å². The first-order chi connectivity index (χ1) is 7.36. The van der Waals surface area contributed by atoms with Gasteiger partial charge in [0.05, 0.1) is 12.0 Å². The Morgan fingerprint density at radius 3 is 2.67 bits per heavy atom. The van der Waals surface area contributed by atoms with Gasteiger partial charge < -0.3 is 8.98 Å². The molecule has 0 aliphatic rings. The summed E-state index contributed by atoms with van der Waals surface area (Å²) < 4.78 is 7.56. The van der Waals surface area contributed by atoms with Gasteiger partial charge in [0.15, 0.2) is 0 Å². The van der Waals surface area contributed by atoms with Gasteiger partial charge in [-0.05, 0) is 24.3 Å². The molecule has 2 aromatic heterocycles. The third-order valence-electron chi connectivity index (χ3n) is 2.73. The Morgan fingerprint density at radius 2 is 1.93 bits per heavy atom. The van der Waals surface area contributed by atoms with Crippen LogP contribution in [0.1, 0.15) is 0 Å².